The highest BCUT2D eigenvalue weighted by molar-refractivity contribution is 7.89. The van der Waals surface area contributed by atoms with Crippen LogP contribution in [0.2, 0.25) is 5.02 Å². The fourth-order valence-corrected chi connectivity index (χ4v) is 5.71. The Bertz CT molecular complexity index is 1300. The molecule has 35 heavy (non-hydrogen) atoms. The molecular weight excluding hydrogens is 486 g/mol. The van der Waals surface area contributed by atoms with E-state index < -0.39 is 10.0 Å². The van der Waals surface area contributed by atoms with Gasteiger partial charge in [-0.25, -0.2) is 8.42 Å². The van der Waals surface area contributed by atoms with Crippen molar-refractivity contribution in [2.75, 3.05) is 43.0 Å². The smallest absolute Gasteiger partial charge is 0.262 e. The van der Waals surface area contributed by atoms with Gasteiger partial charge in [0.1, 0.15) is 5.75 Å². The molecule has 0 atom stereocenters. The molecule has 4 rings (SSSR count). The number of carbonyl (C=O) groups excluding carboxylic acids is 1. The van der Waals surface area contributed by atoms with Gasteiger partial charge in [0.2, 0.25) is 10.0 Å². The quantitative estimate of drug-likeness (QED) is 0.503. The lowest BCUT2D eigenvalue weighted by Crippen LogP contribution is -2.49. The summed E-state index contributed by atoms with van der Waals surface area (Å²) in [6.07, 6.45) is 0. The molecule has 0 radical (unpaired) electrons. The molecule has 184 valence electrons. The van der Waals surface area contributed by atoms with Crippen molar-refractivity contribution >= 4 is 38.9 Å². The summed E-state index contributed by atoms with van der Waals surface area (Å²) in [6.45, 7) is 5.24. The van der Waals surface area contributed by atoms with Gasteiger partial charge >= 0.3 is 0 Å². The summed E-state index contributed by atoms with van der Waals surface area (Å²) in [7, 11) is -3.57. The fraction of sp³-hybridized carbons (Fsp3) is 0.269. The van der Waals surface area contributed by atoms with Gasteiger partial charge in [-0.2, -0.15) is 4.31 Å². The number of para-hydroxylation sites is 1. The summed E-state index contributed by atoms with van der Waals surface area (Å²) in [6, 6.07) is 19.7. The summed E-state index contributed by atoms with van der Waals surface area (Å²) >= 11 is 6.52. The van der Waals surface area contributed by atoms with Gasteiger partial charge in [0.05, 0.1) is 21.3 Å². The van der Waals surface area contributed by atoms with Crippen LogP contribution >= 0.6 is 11.6 Å². The summed E-state index contributed by atoms with van der Waals surface area (Å²) in [5, 5.41) is 3.37. The number of amides is 1. The molecule has 1 aliphatic rings. The number of piperazine rings is 1. The number of hydrogen-bond acceptors (Lipinski definition) is 5. The molecule has 1 heterocycles. The van der Waals surface area contributed by atoms with Crippen LogP contribution in [0, 0.1) is 13.8 Å². The normalized spacial score (nSPS) is 14.5. The Labute approximate surface area is 211 Å². The van der Waals surface area contributed by atoms with Crippen LogP contribution in [0.5, 0.6) is 5.75 Å². The number of carbonyl (C=O) groups is 1. The van der Waals surface area contributed by atoms with Gasteiger partial charge < -0.3 is 15.0 Å². The molecule has 0 spiro atoms. The molecule has 0 unspecified atom stereocenters. The molecule has 7 nitrogen and oxygen atoms in total. The first-order chi connectivity index (χ1) is 16.7. The number of hydrogen-bond donors (Lipinski definition) is 1. The highest BCUT2D eigenvalue weighted by Crippen LogP contribution is 2.35. The molecule has 1 amide bonds. The Hall–Kier alpha value is -3.07. The van der Waals surface area contributed by atoms with Gasteiger partial charge in [0.15, 0.2) is 6.61 Å². The molecule has 3 aromatic rings. The largest absolute Gasteiger partial charge is 0.484 e. The van der Waals surface area contributed by atoms with E-state index in [9.17, 15) is 13.2 Å². The van der Waals surface area contributed by atoms with Crippen molar-refractivity contribution in [1.29, 1.82) is 0 Å². The molecule has 0 aromatic heterocycles. The van der Waals surface area contributed by atoms with Gasteiger partial charge in [-0.3, -0.25) is 4.79 Å². The van der Waals surface area contributed by atoms with E-state index in [1.54, 1.807) is 48.5 Å². The second-order valence-electron chi connectivity index (χ2n) is 8.49. The van der Waals surface area contributed by atoms with Crippen molar-refractivity contribution in [3.8, 4) is 5.75 Å². The first kappa shape index (κ1) is 25.0. The Morgan fingerprint density at radius 3 is 2.31 bits per heavy atom. The van der Waals surface area contributed by atoms with Crippen molar-refractivity contribution in [3.63, 3.8) is 0 Å². The fourth-order valence-electron chi connectivity index (χ4n) is 3.99. The van der Waals surface area contributed by atoms with Crippen LogP contribution in [-0.4, -0.2) is 51.4 Å². The maximum atomic E-state index is 13.0. The van der Waals surface area contributed by atoms with Crippen molar-refractivity contribution in [2.45, 2.75) is 18.7 Å². The predicted molar refractivity (Wildman–Crippen MR) is 139 cm³/mol. The van der Waals surface area contributed by atoms with E-state index in [0.717, 1.165) is 11.1 Å². The monoisotopic (exact) mass is 513 g/mol. The van der Waals surface area contributed by atoms with E-state index >= 15 is 0 Å². The van der Waals surface area contributed by atoms with Crippen molar-refractivity contribution in [2.24, 2.45) is 0 Å². The topological polar surface area (TPSA) is 79.0 Å². The number of rotatable bonds is 7. The van der Waals surface area contributed by atoms with Crippen LogP contribution in [0.3, 0.4) is 0 Å². The average Bonchev–Trinajstić information content (AvgIpc) is 2.83. The average molecular weight is 514 g/mol. The van der Waals surface area contributed by atoms with Gasteiger partial charge in [-0.05, 0) is 55.8 Å². The first-order valence-electron chi connectivity index (χ1n) is 11.3. The molecule has 9 heteroatoms. The summed E-state index contributed by atoms with van der Waals surface area (Å²) in [5.74, 6) is 0.313. The summed E-state index contributed by atoms with van der Waals surface area (Å²) in [4.78, 5) is 14.9. The van der Waals surface area contributed by atoms with Crippen LogP contribution in [0.1, 0.15) is 11.1 Å². The maximum Gasteiger partial charge on any atom is 0.262 e. The van der Waals surface area contributed by atoms with Crippen LogP contribution in [-0.2, 0) is 14.8 Å². The number of ether oxygens (including phenoxy) is 1. The number of sulfonamides is 1. The number of nitrogens with one attached hydrogen (secondary N) is 1. The van der Waals surface area contributed by atoms with Crippen molar-refractivity contribution in [1.82, 2.24) is 4.31 Å². The predicted octanol–water partition coefficient (Wildman–Crippen LogP) is 4.49. The zero-order chi connectivity index (χ0) is 25.0. The lowest BCUT2D eigenvalue weighted by molar-refractivity contribution is -0.118. The van der Waals surface area contributed by atoms with Gasteiger partial charge in [0, 0.05) is 26.2 Å². The first-order valence-corrected chi connectivity index (χ1v) is 13.2. The zero-order valence-electron chi connectivity index (χ0n) is 19.7. The molecule has 1 aliphatic heterocycles. The van der Waals surface area contributed by atoms with E-state index in [0.29, 0.717) is 48.3 Å². The van der Waals surface area contributed by atoms with Crippen LogP contribution < -0.4 is 15.0 Å². The lowest BCUT2D eigenvalue weighted by Gasteiger charge is -2.36. The third-order valence-corrected chi connectivity index (χ3v) is 8.05. The number of aryl methyl sites for hydroxylation is 2. The maximum absolute atomic E-state index is 13.0. The molecule has 1 N–H and O–H groups in total. The second kappa shape index (κ2) is 10.7. The van der Waals surface area contributed by atoms with Gasteiger partial charge in [0.25, 0.3) is 5.91 Å². The van der Waals surface area contributed by atoms with E-state index in [2.05, 4.69) is 5.32 Å². The van der Waals surface area contributed by atoms with Gasteiger partial charge in [-0.15, -0.1) is 0 Å². The molecular formula is C26H28ClN3O4S. The Balaban J connectivity index is 1.42. The van der Waals surface area contributed by atoms with Crippen LogP contribution in [0.15, 0.2) is 71.6 Å². The molecule has 1 saturated heterocycles. The highest BCUT2D eigenvalue weighted by Gasteiger charge is 2.30. The Kier molecular flexibility index (Phi) is 7.64. The van der Waals surface area contributed by atoms with Crippen molar-refractivity contribution in [3.05, 3.63) is 82.9 Å². The van der Waals surface area contributed by atoms with E-state index in [1.807, 2.05) is 36.9 Å². The Morgan fingerprint density at radius 2 is 1.63 bits per heavy atom. The minimum absolute atomic E-state index is 0.141. The number of benzene rings is 3. The lowest BCUT2D eigenvalue weighted by atomic mass is 10.2. The van der Waals surface area contributed by atoms with E-state index in [4.69, 9.17) is 16.3 Å². The third kappa shape index (κ3) is 5.96. The van der Waals surface area contributed by atoms with Gasteiger partial charge in [-0.1, -0.05) is 47.5 Å². The molecule has 1 fully saturated rings. The molecule has 0 bridgehead atoms. The van der Waals surface area contributed by atoms with Crippen molar-refractivity contribution < 1.29 is 17.9 Å². The summed E-state index contributed by atoms with van der Waals surface area (Å²) in [5.41, 5.74) is 3.28. The van der Waals surface area contributed by atoms with Crippen LogP contribution in [0.25, 0.3) is 0 Å². The number of halogens is 1. The van der Waals surface area contributed by atoms with E-state index in [-0.39, 0.29) is 17.4 Å². The standard InChI is InChI=1S/C26H28ClN3O4S/c1-19-9-11-22(12-10-19)35(32,33)30-15-13-29(14-16-30)26-23(27)7-4-8-24(26)28-25(31)18-34-21-6-3-5-20(2)17-21/h3-12,17H,13-16,18H2,1-2H3,(H,28,31). The molecule has 3 aromatic carbocycles. The minimum Gasteiger partial charge on any atom is -0.484 e. The SMILES string of the molecule is Cc1ccc(S(=O)(=O)N2CCN(c3c(Cl)cccc3NC(=O)COc3cccc(C)c3)CC2)cc1. The van der Waals surface area contributed by atoms with Crippen LogP contribution in [0.4, 0.5) is 11.4 Å². The van der Waals surface area contributed by atoms with E-state index in [1.165, 1.54) is 4.31 Å². The number of anilines is 2. The summed E-state index contributed by atoms with van der Waals surface area (Å²) < 4.78 is 33.2. The molecule has 0 aliphatic carbocycles. The molecule has 0 saturated carbocycles. The number of nitrogens with zero attached hydrogens (tertiary/aromatic N) is 2. The Morgan fingerprint density at radius 1 is 0.943 bits per heavy atom. The second-order valence-corrected chi connectivity index (χ2v) is 10.8. The third-order valence-electron chi connectivity index (χ3n) is 5.83. The highest BCUT2D eigenvalue weighted by atomic mass is 35.5. The minimum atomic E-state index is -3.57. The zero-order valence-corrected chi connectivity index (χ0v) is 21.3.